The van der Waals surface area contributed by atoms with Gasteiger partial charge in [-0.25, -0.2) is 0 Å². The van der Waals surface area contributed by atoms with E-state index in [1.807, 2.05) is 24.3 Å². The molecule has 132 valence electrons. The van der Waals surface area contributed by atoms with Gasteiger partial charge in [0.05, 0.1) is 4.70 Å². The second-order valence-electron chi connectivity index (χ2n) is 6.75. The predicted molar refractivity (Wildman–Crippen MR) is 110 cm³/mol. The van der Waals surface area contributed by atoms with Gasteiger partial charge in [0, 0.05) is 18.0 Å². The summed E-state index contributed by atoms with van der Waals surface area (Å²) in [5.41, 5.74) is 0.565. The number of nitrogens with one attached hydrogen (secondary N) is 2. The van der Waals surface area contributed by atoms with E-state index in [0.29, 0.717) is 18.3 Å². The zero-order chi connectivity index (χ0) is 15.1. The maximum absolute atomic E-state index is 12.4. The maximum atomic E-state index is 12.4. The van der Waals surface area contributed by atoms with Crippen molar-refractivity contribution in [1.29, 1.82) is 0 Å². The molecular formula is C17H25N3OS3. The first kappa shape index (κ1) is 19.6. The van der Waals surface area contributed by atoms with E-state index >= 15 is 0 Å². The highest BCUT2D eigenvalue weighted by Crippen LogP contribution is 2.41. The summed E-state index contributed by atoms with van der Waals surface area (Å²) >= 11 is 1.39. The third-order valence-corrected chi connectivity index (χ3v) is 6.05. The molecule has 0 radical (unpaired) electrons. The first-order valence-electron chi connectivity index (χ1n) is 8.08. The lowest BCUT2D eigenvalue weighted by Gasteiger charge is -2.19. The highest BCUT2D eigenvalue weighted by atomic mass is 32.1. The number of hydrogen-bond acceptors (Lipinski definition) is 4. The van der Waals surface area contributed by atoms with E-state index in [-0.39, 0.29) is 32.9 Å². The number of aromatic nitrogens is 1. The van der Waals surface area contributed by atoms with Gasteiger partial charge in [0.15, 0.2) is 0 Å². The molecule has 1 saturated heterocycles. The van der Waals surface area contributed by atoms with Gasteiger partial charge in [-0.15, -0.1) is 0 Å². The maximum Gasteiger partial charge on any atom is 0.271 e. The molecule has 24 heavy (non-hydrogen) atoms. The Hall–Kier alpha value is -0.760. The number of rotatable bonds is 3. The molecule has 1 aromatic heterocycles. The van der Waals surface area contributed by atoms with Gasteiger partial charge in [0.25, 0.3) is 5.91 Å². The molecule has 4 nitrogen and oxygen atoms in total. The summed E-state index contributed by atoms with van der Waals surface area (Å²) in [6.45, 7) is 4.16. The second-order valence-corrected chi connectivity index (χ2v) is 7.56. The van der Waals surface area contributed by atoms with Gasteiger partial charge >= 0.3 is 0 Å². The van der Waals surface area contributed by atoms with E-state index < -0.39 is 0 Å². The fourth-order valence-corrected chi connectivity index (χ4v) is 4.96. The summed E-state index contributed by atoms with van der Waals surface area (Å²) in [6.07, 6.45) is 2.62. The minimum absolute atomic E-state index is 0. The Morgan fingerprint density at radius 2 is 2.12 bits per heavy atom. The third kappa shape index (κ3) is 3.59. The number of nitrogens with zero attached hydrogens (tertiary/aromatic N) is 1. The zero-order valence-electron chi connectivity index (χ0n) is 13.7. The van der Waals surface area contributed by atoms with Gasteiger partial charge in [0.2, 0.25) is 0 Å². The molecule has 2 heterocycles. The monoisotopic (exact) mass is 383 g/mol. The van der Waals surface area contributed by atoms with Crippen molar-refractivity contribution >= 4 is 54.5 Å². The minimum Gasteiger partial charge on any atom is -0.349 e. The van der Waals surface area contributed by atoms with Crippen LogP contribution in [0.25, 0.3) is 10.1 Å². The Kier molecular flexibility index (Phi) is 6.59. The lowest BCUT2D eigenvalue weighted by Crippen LogP contribution is -2.40. The van der Waals surface area contributed by atoms with E-state index in [1.54, 1.807) is 0 Å². The molecule has 7 heteroatoms. The van der Waals surface area contributed by atoms with Crippen molar-refractivity contribution in [2.75, 3.05) is 13.1 Å². The van der Waals surface area contributed by atoms with Crippen molar-refractivity contribution in [2.45, 2.75) is 25.8 Å². The quantitative estimate of drug-likeness (QED) is 0.857. The minimum atomic E-state index is -0.0475. The normalized spacial score (nSPS) is 28.0. The number of hydrogen-bond donors (Lipinski definition) is 2. The van der Waals surface area contributed by atoms with Crippen molar-refractivity contribution in [2.24, 2.45) is 17.8 Å². The van der Waals surface area contributed by atoms with Crippen molar-refractivity contribution in [3.63, 3.8) is 0 Å². The first-order chi connectivity index (χ1) is 10.7. The highest BCUT2D eigenvalue weighted by Gasteiger charge is 2.41. The Morgan fingerprint density at radius 1 is 1.33 bits per heavy atom. The molecule has 0 spiro atoms. The fourth-order valence-electron chi connectivity index (χ4n) is 4.19. The molecule has 4 atom stereocenters. The molecule has 1 aromatic carbocycles. The molecule has 2 N–H and O–H groups in total. The van der Waals surface area contributed by atoms with Crippen LogP contribution in [0, 0.1) is 17.8 Å². The SMILES string of the molecule is CC1C[C@H]2CN[C@H](CNC(=O)c3nsc4ccccc34)[C@H]2C1.S.S. The number of carbonyl (C=O) groups excluding carboxylic acids is 1. The predicted octanol–water partition coefficient (Wildman–Crippen LogP) is 2.89. The van der Waals surface area contributed by atoms with Crippen LogP contribution in [0.5, 0.6) is 0 Å². The number of benzene rings is 1. The lowest BCUT2D eigenvalue weighted by molar-refractivity contribution is 0.0945. The molecule has 1 aliphatic heterocycles. The van der Waals surface area contributed by atoms with Gasteiger partial charge in [-0.1, -0.05) is 25.1 Å². The van der Waals surface area contributed by atoms with Crippen LogP contribution >= 0.6 is 38.5 Å². The van der Waals surface area contributed by atoms with Crippen LogP contribution < -0.4 is 10.6 Å². The van der Waals surface area contributed by atoms with Crippen molar-refractivity contribution in [3.05, 3.63) is 30.0 Å². The van der Waals surface area contributed by atoms with Crippen molar-refractivity contribution < 1.29 is 4.79 Å². The molecule has 1 saturated carbocycles. The molecule has 4 rings (SSSR count). The van der Waals surface area contributed by atoms with Crippen LogP contribution in [0.4, 0.5) is 0 Å². The largest absolute Gasteiger partial charge is 0.349 e. The Morgan fingerprint density at radius 3 is 2.96 bits per heavy atom. The highest BCUT2D eigenvalue weighted by molar-refractivity contribution is 7.59. The zero-order valence-corrected chi connectivity index (χ0v) is 16.5. The molecular weight excluding hydrogens is 358 g/mol. The van der Waals surface area contributed by atoms with Gasteiger partial charge in [-0.3, -0.25) is 4.79 Å². The van der Waals surface area contributed by atoms with Crippen LogP contribution in [0.2, 0.25) is 0 Å². The number of carbonyl (C=O) groups is 1. The molecule has 1 amide bonds. The number of amides is 1. The van der Waals surface area contributed by atoms with Crippen molar-refractivity contribution in [3.8, 4) is 0 Å². The smallest absolute Gasteiger partial charge is 0.271 e. The molecule has 1 unspecified atom stereocenters. The topological polar surface area (TPSA) is 54.0 Å². The fraction of sp³-hybridized carbons (Fsp3) is 0.529. The van der Waals surface area contributed by atoms with Crippen LogP contribution in [0.1, 0.15) is 30.3 Å². The second kappa shape index (κ2) is 8.08. The van der Waals surface area contributed by atoms with E-state index in [0.717, 1.165) is 34.4 Å². The summed E-state index contributed by atoms with van der Waals surface area (Å²) in [5, 5.41) is 7.63. The van der Waals surface area contributed by atoms with Crippen LogP contribution in [-0.4, -0.2) is 29.4 Å². The Labute approximate surface area is 160 Å². The molecule has 2 aromatic rings. The first-order valence-corrected chi connectivity index (χ1v) is 8.85. The van der Waals surface area contributed by atoms with Crippen molar-refractivity contribution in [1.82, 2.24) is 15.0 Å². The van der Waals surface area contributed by atoms with Gasteiger partial charge in [-0.05, 0) is 54.7 Å². The molecule has 0 bridgehead atoms. The van der Waals surface area contributed by atoms with Crippen LogP contribution in [0.3, 0.4) is 0 Å². The lowest BCUT2D eigenvalue weighted by atomic mass is 9.94. The van der Waals surface area contributed by atoms with E-state index in [4.69, 9.17) is 0 Å². The average Bonchev–Trinajstić information content (AvgIpc) is 3.18. The van der Waals surface area contributed by atoms with Gasteiger partial charge in [0.1, 0.15) is 5.69 Å². The van der Waals surface area contributed by atoms with E-state index in [9.17, 15) is 4.79 Å². The molecule has 2 fully saturated rings. The van der Waals surface area contributed by atoms with Crippen LogP contribution in [-0.2, 0) is 0 Å². The number of fused-ring (bicyclic) bond motifs is 2. The van der Waals surface area contributed by atoms with E-state index in [2.05, 4.69) is 21.9 Å². The summed E-state index contributed by atoms with van der Waals surface area (Å²) in [5.74, 6) is 2.31. The molecule has 2 aliphatic rings. The summed E-state index contributed by atoms with van der Waals surface area (Å²) in [6, 6.07) is 8.33. The average molecular weight is 384 g/mol. The summed E-state index contributed by atoms with van der Waals surface area (Å²) < 4.78 is 5.39. The standard InChI is InChI=1S/C17H21N3OS.2H2S/c1-10-6-11-8-18-14(13(11)7-10)9-19-17(21)16-12-4-2-3-5-15(12)22-20-16;;/h2-5,10-11,13-14,18H,6-9H2,1H3,(H,19,21);2*1H2/t10?,11-,13-,14+;;/m0../s1. The molecule has 1 aliphatic carbocycles. The van der Waals surface area contributed by atoms with Crippen LogP contribution in [0.15, 0.2) is 24.3 Å². The third-order valence-electron chi connectivity index (χ3n) is 5.22. The Balaban J connectivity index is 0.00000104. The summed E-state index contributed by atoms with van der Waals surface area (Å²) in [4.78, 5) is 12.4. The van der Waals surface area contributed by atoms with Gasteiger partial charge < -0.3 is 10.6 Å². The van der Waals surface area contributed by atoms with E-state index in [1.165, 1.54) is 24.4 Å². The van der Waals surface area contributed by atoms with Gasteiger partial charge in [-0.2, -0.15) is 31.4 Å². The Bertz CT molecular complexity index is 705. The summed E-state index contributed by atoms with van der Waals surface area (Å²) in [7, 11) is 0.